The van der Waals surface area contributed by atoms with Gasteiger partial charge in [0.25, 0.3) is 5.91 Å². The quantitative estimate of drug-likeness (QED) is 0.488. The Labute approximate surface area is 192 Å². The molecule has 0 aliphatic carbocycles. The first kappa shape index (κ1) is 20.8. The third kappa shape index (κ3) is 4.04. The molecule has 6 nitrogen and oxygen atoms in total. The standard InChI is InChI=1S/C25H26ClN5O/c1-2-31-12-8-18(9-13-31)29-19-6-7-21-20(15-19)23(25(32)30-21)22(24-27-10-11-28-24)16-4-3-5-17(26)14-16/h3-7,10-11,14-15,18,29H,2,8-9,12-13H2,1H3,(H,27,28)(H,30,32). The summed E-state index contributed by atoms with van der Waals surface area (Å²) in [4.78, 5) is 23.2. The van der Waals surface area contributed by atoms with Crippen LogP contribution < -0.4 is 10.6 Å². The summed E-state index contributed by atoms with van der Waals surface area (Å²) in [5.74, 6) is 0.496. The number of amides is 1. The molecule has 0 unspecified atom stereocenters. The summed E-state index contributed by atoms with van der Waals surface area (Å²) in [5.41, 5.74) is 4.89. The van der Waals surface area contributed by atoms with Crippen LogP contribution >= 0.6 is 11.6 Å². The van der Waals surface area contributed by atoms with Gasteiger partial charge in [-0.3, -0.25) is 4.79 Å². The smallest absolute Gasteiger partial charge is 0.257 e. The highest BCUT2D eigenvalue weighted by Crippen LogP contribution is 2.40. The molecule has 3 heterocycles. The van der Waals surface area contributed by atoms with E-state index in [1.54, 1.807) is 12.4 Å². The molecule has 3 N–H and O–H groups in total. The first-order valence-electron chi connectivity index (χ1n) is 11.1. The number of benzene rings is 2. The van der Waals surface area contributed by atoms with Crippen LogP contribution in [0.4, 0.5) is 11.4 Å². The van der Waals surface area contributed by atoms with Crippen molar-refractivity contribution in [3.8, 4) is 0 Å². The van der Waals surface area contributed by atoms with Crippen LogP contribution in [0.5, 0.6) is 0 Å². The zero-order valence-electron chi connectivity index (χ0n) is 18.0. The lowest BCUT2D eigenvalue weighted by atomic mass is 9.94. The third-order valence-electron chi connectivity index (χ3n) is 6.27. The largest absolute Gasteiger partial charge is 0.382 e. The first-order chi connectivity index (χ1) is 15.6. The van der Waals surface area contributed by atoms with Crippen LogP contribution in [-0.4, -0.2) is 46.5 Å². The number of anilines is 2. The van der Waals surface area contributed by atoms with E-state index in [0.29, 0.717) is 22.5 Å². The van der Waals surface area contributed by atoms with E-state index in [-0.39, 0.29) is 5.91 Å². The minimum Gasteiger partial charge on any atom is -0.382 e. The second kappa shape index (κ2) is 8.81. The Morgan fingerprint density at radius 3 is 2.78 bits per heavy atom. The third-order valence-corrected chi connectivity index (χ3v) is 6.50. The van der Waals surface area contributed by atoms with Gasteiger partial charge in [0.05, 0.1) is 5.57 Å². The molecule has 1 amide bonds. The molecular formula is C25H26ClN5O. The molecule has 3 aromatic rings. The van der Waals surface area contributed by atoms with E-state index in [0.717, 1.165) is 60.6 Å². The van der Waals surface area contributed by atoms with Gasteiger partial charge >= 0.3 is 0 Å². The zero-order chi connectivity index (χ0) is 22.1. The second-order valence-electron chi connectivity index (χ2n) is 8.27. The topological polar surface area (TPSA) is 73.0 Å². The fraction of sp³-hybridized carbons (Fsp3) is 0.280. The van der Waals surface area contributed by atoms with Gasteiger partial charge in [0.1, 0.15) is 5.82 Å². The Morgan fingerprint density at radius 2 is 2.06 bits per heavy atom. The van der Waals surface area contributed by atoms with E-state index in [1.165, 1.54) is 0 Å². The number of nitrogens with zero attached hydrogens (tertiary/aromatic N) is 2. The number of likely N-dealkylation sites (tertiary alicyclic amines) is 1. The van der Waals surface area contributed by atoms with Crippen LogP contribution in [0, 0.1) is 0 Å². The number of H-pyrrole nitrogens is 1. The maximum atomic E-state index is 13.1. The molecule has 1 saturated heterocycles. The average Bonchev–Trinajstić information content (AvgIpc) is 3.43. The van der Waals surface area contributed by atoms with Crippen LogP contribution in [0.2, 0.25) is 5.02 Å². The zero-order valence-corrected chi connectivity index (χ0v) is 18.7. The molecule has 0 atom stereocenters. The maximum absolute atomic E-state index is 13.1. The molecular weight excluding hydrogens is 422 g/mol. The number of aromatic amines is 1. The lowest BCUT2D eigenvalue weighted by Crippen LogP contribution is -2.38. The second-order valence-corrected chi connectivity index (χ2v) is 8.70. The molecule has 32 heavy (non-hydrogen) atoms. The van der Waals surface area contributed by atoms with E-state index >= 15 is 0 Å². The average molecular weight is 448 g/mol. The van der Waals surface area contributed by atoms with E-state index in [4.69, 9.17) is 11.6 Å². The fourth-order valence-electron chi connectivity index (χ4n) is 4.58. The van der Waals surface area contributed by atoms with Gasteiger partial charge in [0.15, 0.2) is 0 Å². The van der Waals surface area contributed by atoms with Crippen molar-refractivity contribution in [3.05, 3.63) is 76.8 Å². The summed E-state index contributed by atoms with van der Waals surface area (Å²) in [6.45, 7) is 5.54. The predicted molar refractivity (Wildman–Crippen MR) is 130 cm³/mol. The normalized spacial score (nSPS) is 18.4. The van der Waals surface area contributed by atoms with Crippen molar-refractivity contribution in [1.29, 1.82) is 0 Å². The number of aromatic nitrogens is 2. The Hall–Kier alpha value is -3.09. The molecule has 2 aliphatic heterocycles. The number of carbonyl (C=O) groups is 1. The van der Waals surface area contributed by atoms with Gasteiger partial charge in [-0.15, -0.1) is 0 Å². The SMILES string of the molecule is CCN1CCC(Nc2ccc3c(c2)C(=C(c2cccc(Cl)c2)c2ncc[nH]2)C(=O)N3)CC1. The molecule has 0 saturated carbocycles. The first-order valence-corrected chi connectivity index (χ1v) is 11.4. The number of hydrogen-bond acceptors (Lipinski definition) is 4. The summed E-state index contributed by atoms with van der Waals surface area (Å²) < 4.78 is 0. The predicted octanol–water partition coefficient (Wildman–Crippen LogP) is 4.87. The monoisotopic (exact) mass is 447 g/mol. The Bertz CT molecular complexity index is 1160. The van der Waals surface area contributed by atoms with Gasteiger partial charge < -0.3 is 20.5 Å². The number of halogens is 1. The van der Waals surface area contributed by atoms with Crippen LogP contribution in [-0.2, 0) is 4.79 Å². The van der Waals surface area contributed by atoms with Crippen LogP contribution in [0.1, 0.15) is 36.7 Å². The van der Waals surface area contributed by atoms with Crippen molar-refractivity contribution < 1.29 is 4.79 Å². The van der Waals surface area contributed by atoms with Crippen LogP contribution in [0.3, 0.4) is 0 Å². The van der Waals surface area contributed by atoms with E-state index < -0.39 is 0 Å². The Morgan fingerprint density at radius 1 is 1.22 bits per heavy atom. The van der Waals surface area contributed by atoms with Crippen molar-refractivity contribution in [2.45, 2.75) is 25.8 Å². The molecule has 1 aromatic heterocycles. The van der Waals surface area contributed by atoms with E-state index in [1.807, 2.05) is 36.4 Å². The summed E-state index contributed by atoms with van der Waals surface area (Å²) in [6.07, 6.45) is 5.68. The summed E-state index contributed by atoms with van der Waals surface area (Å²) in [7, 11) is 0. The van der Waals surface area contributed by atoms with Crippen LogP contribution in [0.25, 0.3) is 11.1 Å². The molecule has 1 fully saturated rings. The minimum atomic E-state index is -0.139. The summed E-state index contributed by atoms with van der Waals surface area (Å²) in [5, 5.41) is 7.30. The van der Waals surface area contributed by atoms with E-state index in [2.05, 4.69) is 38.5 Å². The lowest BCUT2D eigenvalue weighted by Gasteiger charge is -2.32. The van der Waals surface area contributed by atoms with Gasteiger partial charge in [-0.1, -0.05) is 30.7 Å². The highest BCUT2D eigenvalue weighted by atomic mass is 35.5. The van der Waals surface area contributed by atoms with Crippen molar-refractivity contribution >= 4 is 40.0 Å². The van der Waals surface area contributed by atoms with Crippen molar-refractivity contribution in [3.63, 3.8) is 0 Å². The fourth-order valence-corrected chi connectivity index (χ4v) is 4.77. The van der Waals surface area contributed by atoms with Crippen LogP contribution in [0.15, 0.2) is 54.9 Å². The van der Waals surface area contributed by atoms with Crippen molar-refractivity contribution in [1.82, 2.24) is 14.9 Å². The number of carbonyl (C=O) groups excluding carboxylic acids is 1. The Kier molecular flexibility index (Phi) is 5.72. The molecule has 0 bridgehead atoms. The van der Waals surface area contributed by atoms with Gasteiger partial charge in [0, 0.05) is 59.1 Å². The number of rotatable bonds is 5. The van der Waals surface area contributed by atoms with Gasteiger partial charge in [-0.25, -0.2) is 4.98 Å². The van der Waals surface area contributed by atoms with Gasteiger partial charge in [0.2, 0.25) is 0 Å². The highest BCUT2D eigenvalue weighted by Gasteiger charge is 2.30. The number of fused-ring (bicyclic) bond motifs is 1. The molecule has 5 rings (SSSR count). The number of nitrogens with one attached hydrogen (secondary N) is 3. The summed E-state index contributed by atoms with van der Waals surface area (Å²) >= 11 is 6.28. The number of piperidine rings is 1. The number of imidazole rings is 1. The van der Waals surface area contributed by atoms with Gasteiger partial charge in [-0.05, 0) is 55.3 Å². The molecule has 0 radical (unpaired) electrons. The van der Waals surface area contributed by atoms with E-state index in [9.17, 15) is 4.79 Å². The highest BCUT2D eigenvalue weighted by molar-refractivity contribution is 6.38. The molecule has 7 heteroatoms. The number of hydrogen-bond donors (Lipinski definition) is 3. The van der Waals surface area contributed by atoms with Crippen molar-refractivity contribution in [2.75, 3.05) is 30.3 Å². The Balaban J connectivity index is 1.55. The molecule has 2 aliphatic rings. The van der Waals surface area contributed by atoms with Gasteiger partial charge in [-0.2, -0.15) is 0 Å². The molecule has 164 valence electrons. The summed E-state index contributed by atoms with van der Waals surface area (Å²) in [6, 6.07) is 14.0. The lowest BCUT2D eigenvalue weighted by molar-refractivity contribution is -0.110. The minimum absolute atomic E-state index is 0.139. The maximum Gasteiger partial charge on any atom is 0.257 e. The molecule has 0 spiro atoms. The molecule has 2 aromatic carbocycles. The van der Waals surface area contributed by atoms with Crippen molar-refractivity contribution in [2.24, 2.45) is 0 Å².